The standard InChI is InChI=1S/C21H29N5O3S2/c1-21(2,3)19-22-20(24-23-19)30-14-18(27)26-12-9-15-13-16(7-8-17(15)26)31(28,29)25-10-5-4-6-11-25/h7-8,13H,4-6,9-12,14H2,1-3H3,(H,22,23,24). The van der Waals surface area contributed by atoms with Crippen LogP contribution in [0.5, 0.6) is 0 Å². The fourth-order valence-electron chi connectivity index (χ4n) is 3.90. The molecule has 0 bridgehead atoms. The number of nitrogens with zero attached hydrogens (tertiary/aromatic N) is 4. The van der Waals surface area contributed by atoms with Crippen LogP contribution in [-0.4, -0.2) is 59.2 Å². The number of sulfonamides is 1. The lowest BCUT2D eigenvalue weighted by Crippen LogP contribution is -2.35. The molecule has 0 radical (unpaired) electrons. The zero-order valence-corrected chi connectivity index (χ0v) is 19.9. The molecule has 0 saturated carbocycles. The molecule has 1 amide bonds. The molecule has 1 N–H and O–H groups in total. The van der Waals surface area contributed by atoms with Crippen LogP contribution in [-0.2, 0) is 26.7 Å². The van der Waals surface area contributed by atoms with Gasteiger partial charge >= 0.3 is 0 Å². The molecule has 1 aromatic heterocycles. The molecule has 2 aromatic rings. The number of nitrogens with one attached hydrogen (secondary N) is 1. The smallest absolute Gasteiger partial charge is 0.243 e. The van der Waals surface area contributed by atoms with Crippen LogP contribution in [0.1, 0.15) is 51.4 Å². The van der Waals surface area contributed by atoms with Crippen molar-refractivity contribution in [2.24, 2.45) is 0 Å². The summed E-state index contributed by atoms with van der Waals surface area (Å²) in [5.41, 5.74) is 1.58. The van der Waals surface area contributed by atoms with E-state index in [1.807, 2.05) is 20.8 Å². The fourth-order valence-corrected chi connectivity index (χ4v) is 6.15. The minimum absolute atomic E-state index is 0.0301. The molecule has 1 saturated heterocycles. The summed E-state index contributed by atoms with van der Waals surface area (Å²) in [5, 5.41) is 7.68. The second-order valence-electron chi connectivity index (χ2n) is 9.06. The van der Waals surface area contributed by atoms with Gasteiger partial charge in [-0.3, -0.25) is 9.89 Å². The van der Waals surface area contributed by atoms with E-state index in [0.717, 1.165) is 36.3 Å². The first-order valence-electron chi connectivity index (χ1n) is 10.7. The van der Waals surface area contributed by atoms with Crippen molar-refractivity contribution >= 4 is 33.4 Å². The highest BCUT2D eigenvalue weighted by molar-refractivity contribution is 7.99. The van der Waals surface area contributed by atoms with Crippen LogP contribution in [0.2, 0.25) is 0 Å². The predicted octanol–water partition coefficient (Wildman–Crippen LogP) is 2.96. The Kier molecular flexibility index (Phi) is 6.15. The molecule has 4 rings (SSSR count). The number of carbonyl (C=O) groups excluding carboxylic acids is 1. The van der Waals surface area contributed by atoms with Crippen LogP contribution in [0.15, 0.2) is 28.3 Å². The minimum atomic E-state index is -3.47. The summed E-state index contributed by atoms with van der Waals surface area (Å²) >= 11 is 1.31. The third kappa shape index (κ3) is 4.65. The molecule has 2 aliphatic rings. The van der Waals surface area contributed by atoms with Gasteiger partial charge in [-0.05, 0) is 43.0 Å². The van der Waals surface area contributed by atoms with E-state index in [9.17, 15) is 13.2 Å². The van der Waals surface area contributed by atoms with Gasteiger partial charge < -0.3 is 4.90 Å². The normalized spacial score (nSPS) is 17.7. The van der Waals surface area contributed by atoms with Crippen molar-refractivity contribution in [2.75, 3.05) is 30.3 Å². The van der Waals surface area contributed by atoms with Crippen molar-refractivity contribution in [1.29, 1.82) is 0 Å². The molecule has 10 heteroatoms. The quantitative estimate of drug-likeness (QED) is 0.685. The average Bonchev–Trinajstić information content (AvgIpc) is 3.39. The van der Waals surface area contributed by atoms with Crippen LogP contribution in [0, 0.1) is 0 Å². The molecule has 0 aliphatic carbocycles. The maximum atomic E-state index is 13.0. The van der Waals surface area contributed by atoms with Gasteiger partial charge in [0, 0.05) is 30.7 Å². The molecule has 0 spiro atoms. The van der Waals surface area contributed by atoms with Crippen LogP contribution in [0.3, 0.4) is 0 Å². The Labute approximate surface area is 187 Å². The molecular weight excluding hydrogens is 434 g/mol. The van der Waals surface area contributed by atoms with Gasteiger partial charge in [-0.25, -0.2) is 13.4 Å². The summed E-state index contributed by atoms with van der Waals surface area (Å²) in [6.45, 7) is 7.87. The number of aromatic amines is 1. The van der Waals surface area contributed by atoms with Gasteiger partial charge in [-0.15, -0.1) is 5.10 Å². The second kappa shape index (κ2) is 8.55. The molecule has 8 nitrogen and oxygen atoms in total. The zero-order valence-electron chi connectivity index (χ0n) is 18.2. The Morgan fingerprint density at radius 3 is 2.58 bits per heavy atom. The van der Waals surface area contributed by atoms with Crippen molar-refractivity contribution in [3.8, 4) is 0 Å². The number of piperidine rings is 1. The van der Waals surface area contributed by atoms with Crippen LogP contribution in [0.4, 0.5) is 5.69 Å². The number of benzene rings is 1. The highest BCUT2D eigenvalue weighted by Gasteiger charge is 2.30. The summed E-state index contributed by atoms with van der Waals surface area (Å²) in [7, 11) is -3.47. The minimum Gasteiger partial charge on any atom is -0.311 e. The SMILES string of the molecule is CC(C)(C)c1nc(SCC(=O)N2CCc3cc(S(=O)(=O)N4CCCCC4)ccc32)n[nH]1. The van der Waals surface area contributed by atoms with Crippen LogP contribution in [0.25, 0.3) is 0 Å². The van der Waals surface area contributed by atoms with Crippen molar-refractivity contribution in [1.82, 2.24) is 19.5 Å². The average molecular weight is 464 g/mol. The number of amides is 1. The second-order valence-corrected chi connectivity index (χ2v) is 11.9. The monoisotopic (exact) mass is 463 g/mol. The first kappa shape index (κ1) is 22.3. The Hall–Kier alpha value is -1.91. The van der Waals surface area contributed by atoms with E-state index in [4.69, 9.17) is 0 Å². The Bertz CT molecular complexity index is 1070. The summed E-state index contributed by atoms with van der Waals surface area (Å²) in [4.78, 5) is 19.3. The number of fused-ring (bicyclic) bond motifs is 1. The molecule has 3 heterocycles. The zero-order chi connectivity index (χ0) is 22.2. The van der Waals surface area contributed by atoms with Crippen molar-refractivity contribution in [3.63, 3.8) is 0 Å². The molecular formula is C21H29N5O3S2. The fraction of sp³-hybridized carbons (Fsp3) is 0.571. The largest absolute Gasteiger partial charge is 0.311 e. The molecule has 1 fully saturated rings. The molecule has 31 heavy (non-hydrogen) atoms. The van der Waals surface area contributed by atoms with Crippen molar-refractivity contribution < 1.29 is 13.2 Å². The van der Waals surface area contributed by atoms with E-state index < -0.39 is 10.0 Å². The van der Waals surface area contributed by atoms with Crippen LogP contribution < -0.4 is 4.90 Å². The number of hydrogen-bond acceptors (Lipinski definition) is 6. The van der Waals surface area contributed by atoms with E-state index in [-0.39, 0.29) is 17.1 Å². The van der Waals surface area contributed by atoms with Gasteiger partial charge in [0.15, 0.2) is 0 Å². The van der Waals surface area contributed by atoms with E-state index in [1.165, 1.54) is 11.8 Å². The predicted molar refractivity (Wildman–Crippen MR) is 121 cm³/mol. The van der Waals surface area contributed by atoms with Crippen molar-refractivity contribution in [2.45, 2.75) is 61.9 Å². The summed E-state index contributed by atoms with van der Waals surface area (Å²) < 4.78 is 27.5. The molecule has 0 unspecified atom stereocenters. The first-order chi connectivity index (χ1) is 14.7. The molecule has 168 valence electrons. The Morgan fingerprint density at radius 1 is 1.16 bits per heavy atom. The maximum absolute atomic E-state index is 13.0. The number of carbonyl (C=O) groups is 1. The lowest BCUT2D eigenvalue weighted by Gasteiger charge is -2.26. The highest BCUT2D eigenvalue weighted by Crippen LogP contribution is 2.32. The van der Waals surface area contributed by atoms with E-state index in [1.54, 1.807) is 27.4 Å². The van der Waals surface area contributed by atoms with E-state index in [0.29, 0.717) is 36.1 Å². The van der Waals surface area contributed by atoms with Gasteiger partial charge in [0.2, 0.25) is 21.1 Å². The number of anilines is 1. The topological polar surface area (TPSA) is 99.3 Å². The molecule has 1 aromatic carbocycles. The van der Waals surface area contributed by atoms with E-state index >= 15 is 0 Å². The highest BCUT2D eigenvalue weighted by atomic mass is 32.2. The van der Waals surface area contributed by atoms with Crippen LogP contribution >= 0.6 is 11.8 Å². The number of thioether (sulfide) groups is 1. The molecule has 2 aliphatic heterocycles. The summed E-state index contributed by atoms with van der Waals surface area (Å²) in [6.07, 6.45) is 3.55. The van der Waals surface area contributed by atoms with Gasteiger partial charge in [0.05, 0.1) is 10.6 Å². The Morgan fingerprint density at radius 2 is 1.90 bits per heavy atom. The summed E-state index contributed by atoms with van der Waals surface area (Å²) in [5.74, 6) is 0.989. The van der Waals surface area contributed by atoms with Gasteiger partial charge in [0.1, 0.15) is 5.82 Å². The number of rotatable bonds is 5. The molecule has 0 atom stereocenters. The van der Waals surface area contributed by atoms with Gasteiger partial charge in [-0.2, -0.15) is 4.31 Å². The van der Waals surface area contributed by atoms with E-state index in [2.05, 4.69) is 15.2 Å². The summed E-state index contributed by atoms with van der Waals surface area (Å²) in [6, 6.07) is 5.14. The number of hydrogen-bond donors (Lipinski definition) is 1. The number of aromatic nitrogens is 3. The Balaban J connectivity index is 1.44. The van der Waals surface area contributed by atoms with Gasteiger partial charge in [-0.1, -0.05) is 39.0 Å². The first-order valence-corrected chi connectivity index (χ1v) is 13.1. The lowest BCUT2D eigenvalue weighted by molar-refractivity contribution is -0.116. The third-order valence-electron chi connectivity index (χ3n) is 5.70. The van der Waals surface area contributed by atoms with Gasteiger partial charge in [0.25, 0.3) is 0 Å². The maximum Gasteiger partial charge on any atom is 0.243 e. The number of H-pyrrole nitrogens is 1. The lowest BCUT2D eigenvalue weighted by atomic mass is 9.96. The third-order valence-corrected chi connectivity index (χ3v) is 8.43. The van der Waals surface area contributed by atoms with Crippen molar-refractivity contribution in [3.05, 3.63) is 29.6 Å².